The lowest BCUT2D eigenvalue weighted by Gasteiger charge is -2.19. The fraction of sp³-hybridized carbons (Fsp3) is 0.200. The van der Waals surface area contributed by atoms with Gasteiger partial charge in [0.25, 0.3) is 5.91 Å². The summed E-state index contributed by atoms with van der Waals surface area (Å²) in [5, 5.41) is 13.0. The summed E-state index contributed by atoms with van der Waals surface area (Å²) in [6.45, 7) is 3.77. The Kier molecular flexibility index (Phi) is 3.68. The second-order valence-electron chi connectivity index (χ2n) is 5.57. The molecule has 2 N–H and O–H groups in total. The Bertz CT molecular complexity index is 751. The van der Waals surface area contributed by atoms with E-state index in [-0.39, 0.29) is 10.7 Å². The van der Waals surface area contributed by atoms with E-state index < -0.39 is 18.6 Å². The molecule has 1 aromatic heterocycles. The van der Waals surface area contributed by atoms with Crippen LogP contribution in [0.15, 0.2) is 36.5 Å². The summed E-state index contributed by atoms with van der Waals surface area (Å²) in [6, 6.07) is 8.55. The van der Waals surface area contributed by atoms with Gasteiger partial charge in [-0.15, -0.1) is 0 Å². The lowest BCUT2D eigenvalue weighted by atomic mass is 9.78. The highest BCUT2D eigenvalue weighted by molar-refractivity contribution is 6.62. The monoisotopic (exact) mass is 316 g/mol. The van der Waals surface area contributed by atoms with Crippen LogP contribution in [0.2, 0.25) is 5.02 Å². The molecule has 0 radical (unpaired) electrons. The summed E-state index contributed by atoms with van der Waals surface area (Å²) in [7, 11) is -1.000. The van der Waals surface area contributed by atoms with Crippen LogP contribution in [0.25, 0.3) is 0 Å². The zero-order valence-electron chi connectivity index (χ0n) is 12.1. The smallest absolute Gasteiger partial charge is 0.423 e. The zero-order valence-corrected chi connectivity index (χ0v) is 12.9. The molecule has 0 fully saturated rings. The van der Waals surface area contributed by atoms with E-state index >= 15 is 0 Å². The van der Waals surface area contributed by atoms with Gasteiger partial charge in [0.2, 0.25) is 0 Å². The Morgan fingerprint density at radius 1 is 1.41 bits per heavy atom. The number of amides is 1. The number of nitrogens with one attached hydrogen (secondary N) is 1. The quantitative estimate of drug-likeness (QED) is 0.831. The van der Waals surface area contributed by atoms with Crippen molar-refractivity contribution in [2.75, 3.05) is 5.32 Å². The number of aromatic nitrogens is 1. The molecule has 22 heavy (non-hydrogen) atoms. The van der Waals surface area contributed by atoms with Crippen molar-refractivity contribution in [2.45, 2.75) is 19.4 Å². The third kappa shape index (κ3) is 2.61. The number of carbonyl (C=O) groups is 1. The highest BCUT2D eigenvalue weighted by Gasteiger charge is 2.40. The fourth-order valence-electron chi connectivity index (χ4n) is 2.54. The minimum absolute atomic E-state index is 0.154. The minimum atomic E-state index is -1.000. The highest BCUT2D eigenvalue weighted by atomic mass is 35.5. The maximum absolute atomic E-state index is 12.2. The van der Waals surface area contributed by atoms with Gasteiger partial charge in [-0.25, -0.2) is 4.98 Å². The van der Waals surface area contributed by atoms with Crippen LogP contribution in [0.5, 0.6) is 0 Å². The Labute approximate surface area is 133 Å². The van der Waals surface area contributed by atoms with Gasteiger partial charge in [0.15, 0.2) is 0 Å². The molecule has 0 saturated heterocycles. The summed E-state index contributed by atoms with van der Waals surface area (Å²) >= 11 is 5.96. The van der Waals surface area contributed by atoms with E-state index in [0.29, 0.717) is 11.2 Å². The van der Waals surface area contributed by atoms with Crippen molar-refractivity contribution in [3.05, 3.63) is 52.8 Å². The van der Waals surface area contributed by atoms with Crippen LogP contribution in [0.3, 0.4) is 0 Å². The minimum Gasteiger partial charge on any atom is -0.423 e. The van der Waals surface area contributed by atoms with E-state index in [2.05, 4.69) is 10.3 Å². The molecule has 1 aliphatic rings. The largest absolute Gasteiger partial charge is 0.492 e. The van der Waals surface area contributed by atoms with Crippen molar-refractivity contribution in [1.29, 1.82) is 0 Å². The Balaban J connectivity index is 1.88. The predicted molar refractivity (Wildman–Crippen MR) is 85.4 cm³/mol. The van der Waals surface area contributed by atoms with Crippen LogP contribution in [0.4, 0.5) is 5.69 Å². The molecule has 5 nitrogen and oxygen atoms in total. The molecule has 0 unspecified atom stereocenters. The van der Waals surface area contributed by atoms with Gasteiger partial charge in [-0.05, 0) is 49.1 Å². The molecular formula is C15H14BClN2O3. The number of hydrogen-bond acceptors (Lipinski definition) is 4. The Morgan fingerprint density at radius 3 is 2.91 bits per heavy atom. The number of benzene rings is 1. The topological polar surface area (TPSA) is 71.5 Å². The van der Waals surface area contributed by atoms with E-state index in [9.17, 15) is 9.82 Å². The predicted octanol–water partition coefficient (Wildman–Crippen LogP) is 1.94. The number of rotatable bonds is 2. The zero-order chi connectivity index (χ0) is 15.9. The van der Waals surface area contributed by atoms with Gasteiger partial charge in [-0.1, -0.05) is 17.7 Å². The van der Waals surface area contributed by atoms with Crippen LogP contribution in [0, 0.1) is 0 Å². The first-order valence-electron chi connectivity index (χ1n) is 6.80. The SMILES string of the molecule is CC1(C)OB(O)c2cc(NC(=O)c3ncccc3Cl)ccc21. The molecule has 0 aliphatic carbocycles. The van der Waals surface area contributed by atoms with Crippen LogP contribution in [-0.4, -0.2) is 23.0 Å². The van der Waals surface area contributed by atoms with Crippen molar-refractivity contribution in [3.8, 4) is 0 Å². The van der Waals surface area contributed by atoms with Gasteiger partial charge in [-0.2, -0.15) is 0 Å². The van der Waals surface area contributed by atoms with Gasteiger partial charge in [0, 0.05) is 11.9 Å². The number of fused-ring (bicyclic) bond motifs is 1. The van der Waals surface area contributed by atoms with E-state index in [1.165, 1.54) is 6.20 Å². The normalized spacial score (nSPS) is 15.5. The maximum atomic E-state index is 12.2. The van der Waals surface area contributed by atoms with E-state index in [1.807, 2.05) is 19.9 Å². The van der Waals surface area contributed by atoms with E-state index in [4.69, 9.17) is 16.3 Å². The summed E-state index contributed by atoms with van der Waals surface area (Å²) in [4.78, 5) is 16.2. The second-order valence-corrected chi connectivity index (χ2v) is 5.98. The summed E-state index contributed by atoms with van der Waals surface area (Å²) in [5.74, 6) is -0.404. The summed E-state index contributed by atoms with van der Waals surface area (Å²) in [5.41, 5.74) is 1.69. The molecule has 1 aliphatic heterocycles. The number of pyridine rings is 1. The lowest BCUT2D eigenvalue weighted by Crippen LogP contribution is -2.29. The molecule has 0 atom stereocenters. The molecule has 1 amide bonds. The van der Waals surface area contributed by atoms with Crippen molar-refractivity contribution in [1.82, 2.24) is 4.98 Å². The van der Waals surface area contributed by atoms with Crippen molar-refractivity contribution in [2.24, 2.45) is 0 Å². The molecule has 112 valence electrons. The Hall–Kier alpha value is -1.89. The average Bonchev–Trinajstić information content (AvgIpc) is 2.69. The molecule has 1 aromatic carbocycles. The van der Waals surface area contributed by atoms with Crippen LogP contribution >= 0.6 is 11.6 Å². The summed E-state index contributed by atoms with van der Waals surface area (Å²) < 4.78 is 5.49. The third-order valence-electron chi connectivity index (χ3n) is 3.60. The average molecular weight is 317 g/mol. The van der Waals surface area contributed by atoms with Crippen molar-refractivity contribution < 1.29 is 14.5 Å². The molecule has 0 saturated carbocycles. The third-order valence-corrected chi connectivity index (χ3v) is 3.91. The molecule has 3 rings (SSSR count). The molecule has 0 bridgehead atoms. The first kappa shape index (κ1) is 15.0. The lowest BCUT2D eigenvalue weighted by molar-refractivity contribution is 0.100. The van der Waals surface area contributed by atoms with E-state index in [0.717, 1.165) is 5.56 Å². The Morgan fingerprint density at radius 2 is 2.18 bits per heavy atom. The first-order chi connectivity index (χ1) is 10.4. The van der Waals surface area contributed by atoms with Crippen molar-refractivity contribution in [3.63, 3.8) is 0 Å². The highest BCUT2D eigenvalue weighted by Crippen LogP contribution is 2.30. The van der Waals surface area contributed by atoms with Gasteiger partial charge >= 0.3 is 7.12 Å². The van der Waals surface area contributed by atoms with Crippen LogP contribution in [-0.2, 0) is 10.3 Å². The summed E-state index contributed by atoms with van der Waals surface area (Å²) in [6.07, 6.45) is 1.50. The number of carbonyl (C=O) groups excluding carboxylic acids is 1. The van der Waals surface area contributed by atoms with Gasteiger partial charge in [-0.3, -0.25) is 4.79 Å². The van der Waals surface area contributed by atoms with Gasteiger partial charge < -0.3 is 15.0 Å². The number of halogens is 1. The fourth-order valence-corrected chi connectivity index (χ4v) is 2.75. The molecular weight excluding hydrogens is 302 g/mol. The van der Waals surface area contributed by atoms with Crippen LogP contribution < -0.4 is 10.8 Å². The standard InChI is InChI=1S/C15H14BClN2O3/c1-15(2)10-6-5-9(8-11(10)16(21)22-15)19-14(20)13-12(17)4-3-7-18-13/h3-8,21H,1-2H3,(H,19,20). The maximum Gasteiger partial charge on any atom is 0.492 e. The van der Waals surface area contributed by atoms with Gasteiger partial charge in [0.05, 0.1) is 10.6 Å². The molecule has 2 heterocycles. The molecule has 0 spiro atoms. The molecule has 2 aromatic rings. The molecule has 7 heteroatoms. The second kappa shape index (κ2) is 5.39. The van der Waals surface area contributed by atoms with Crippen molar-refractivity contribution >= 4 is 35.8 Å². The van der Waals surface area contributed by atoms with E-state index in [1.54, 1.807) is 24.3 Å². The number of hydrogen-bond donors (Lipinski definition) is 2. The van der Waals surface area contributed by atoms with Crippen LogP contribution in [0.1, 0.15) is 29.9 Å². The first-order valence-corrected chi connectivity index (χ1v) is 7.18. The number of anilines is 1. The van der Waals surface area contributed by atoms with Gasteiger partial charge in [0.1, 0.15) is 5.69 Å². The number of nitrogens with zero attached hydrogens (tertiary/aromatic N) is 1.